The highest BCUT2D eigenvalue weighted by Crippen LogP contribution is 2.22. The Hall–Kier alpha value is -1.46. The summed E-state index contributed by atoms with van der Waals surface area (Å²) < 4.78 is 4.64. The zero-order valence-electron chi connectivity index (χ0n) is 10.2. The Morgan fingerprint density at radius 2 is 2.11 bits per heavy atom. The predicted octanol–water partition coefficient (Wildman–Crippen LogP) is 2.74. The number of hydrogen-bond acceptors (Lipinski definition) is 3. The predicted molar refractivity (Wildman–Crippen MR) is 71.7 cm³/mol. The van der Waals surface area contributed by atoms with E-state index in [2.05, 4.69) is 10.1 Å². The molecule has 7 heteroatoms. The fourth-order valence-electron chi connectivity index (χ4n) is 1.42. The highest BCUT2D eigenvalue weighted by atomic mass is 35.5. The number of rotatable bonds is 5. The van der Waals surface area contributed by atoms with Crippen LogP contribution in [0.5, 0.6) is 0 Å². The van der Waals surface area contributed by atoms with E-state index in [1.54, 1.807) is 19.1 Å². The summed E-state index contributed by atoms with van der Waals surface area (Å²) in [5.41, 5.74) is 0.579. The molecule has 0 heterocycles. The zero-order chi connectivity index (χ0) is 14.4. The molecule has 1 rings (SSSR count). The van der Waals surface area contributed by atoms with Crippen molar-refractivity contribution in [2.24, 2.45) is 0 Å². The van der Waals surface area contributed by atoms with Crippen molar-refractivity contribution in [2.75, 3.05) is 6.61 Å². The highest BCUT2D eigenvalue weighted by molar-refractivity contribution is 6.35. The number of benzene rings is 1. The van der Waals surface area contributed by atoms with Gasteiger partial charge in [-0.3, -0.25) is 0 Å². The maximum atomic E-state index is 11.2. The summed E-state index contributed by atoms with van der Waals surface area (Å²) in [6.07, 6.45) is -0.732. The van der Waals surface area contributed by atoms with Crippen LogP contribution in [0.1, 0.15) is 12.5 Å². The van der Waals surface area contributed by atoms with Gasteiger partial charge in [0, 0.05) is 16.5 Å². The average molecular weight is 306 g/mol. The van der Waals surface area contributed by atoms with Crippen LogP contribution in [0.15, 0.2) is 18.2 Å². The summed E-state index contributed by atoms with van der Waals surface area (Å²) in [6, 6.07) is 3.62. The van der Waals surface area contributed by atoms with Crippen LogP contribution in [-0.2, 0) is 16.0 Å². The van der Waals surface area contributed by atoms with Gasteiger partial charge in [0.25, 0.3) is 0 Å². The SMILES string of the molecule is CCOC(=O)N[C@@H](Cc1ccc(Cl)cc1Cl)C(=O)O. The first-order valence-corrected chi connectivity index (χ1v) is 6.29. The molecule has 2 N–H and O–H groups in total. The van der Waals surface area contributed by atoms with E-state index < -0.39 is 18.1 Å². The van der Waals surface area contributed by atoms with Crippen molar-refractivity contribution >= 4 is 35.3 Å². The third kappa shape index (κ3) is 4.96. The van der Waals surface area contributed by atoms with E-state index in [0.29, 0.717) is 15.6 Å². The summed E-state index contributed by atoms with van der Waals surface area (Å²) >= 11 is 11.7. The van der Waals surface area contributed by atoms with E-state index in [-0.39, 0.29) is 13.0 Å². The maximum Gasteiger partial charge on any atom is 0.407 e. The van der Waals surface area contributed by atoms with E-state index in [1.807, 2.05) is 0 Å². The largest absolute Gasteiger partial charge is 0.480 e. The molecular weight excluding hydrogens is 293 g/mol. The fraction of sp³-hybridized carbons (Fsp3) is 0.333. The Bertz CT molecular complexity index is 479. The lowest BCUT2D eigenvalue weighted by atomic mass is 10.1. The van der Waals surface area contributed by atoms with Gasteiger partial charge in [-0.25, -0.2) is 9.59 Å². The molecule has 1 atom stereocenters. The summed E-state index contributed by atoms with van der Waals surface area (Å²) in [7, 11) is 0. The average Bonchev–Trinajstić information content (AvgIpc) is 2.31. The third-order valence-electron chi connectivity index (χ3n) is 2.30. The van der Waals surface area contributed by atoms with Gasteiger partial charge in [0.1, 0.15) is 6.04 Å². The monoisotopic (exact) mass is 305 g/mol. The van der Waals surface area contributed by atoms with Crippen molar-refractivity contribution in [1.82, 2.24) is 5.32 Å². The number of alkyl carbamates (subject to hydrolysis) is 1. The maximum absolute atomic E-state index is 11.2. The number of carbonyl (C=O) groups excluding carboxylic acids is 1. The smallest absolute Gasteiger partial charge is 0.407 e. The topological polar surface area (TPSA) is 75.6 Å². The molecule has 0 spiro atoms. The van der Waals surface area contributed by atoms with Crippen molar-refractivity contribution in [2.45, 2.75) is 19.4 Å². The fourth-order valence-corrected chi connectivity index (χ4v) is 1.91. The first kappa shape index (κ1) is 15.6. The first-order valence-electron chi connectivity index (χ1n) is 5.54. The molecule has 0 fully saturated rings. The van der Waals surface area contributed by atoms with Gasteiger partial charge in [-0.1, -0.05) is 29.3 Å². The van der Waals surface area contributed by atoms with Crippen molar-refractivity contribution in [3.05, 3.63) is 33.8 Å². The third-order valence-corrected chi connectivity index (χ3v) is 2.89. The standard InChI is InChI=1S/C12H13Cl2NO4/c1-2-19-12(18)15-10(11(16)17)5-7-3-4-8(13)6-9(7)14/h3-4,6,10H,2,5H2,1H3,(H,15,18)(H,16,17)/t10-/m0/s1. The lowest BCUT2D eigenvalue weighted by molar-refractivity contribution is -0.139. The summed E-state index contributed by atoms with van der Waals surface area (Å²) in [5.74, 6) is -1.17. The summed E-state index contributed by atoms with van der Waals surface area (Å²) in [6.45, 7) is 1.80. The van der Waals surface area contributed by atoms with Crippen LogP contribution in [0, 0.1) is 0 Å². The Labute approximate surface area is 120 Å². The second-order valence-electron chi connectivity index (χ2n) is 3.70. The minimum Gasteiger partial charge on any atom is -0.480 e. The number of hydrogen-bond donors (Lipinski definition) is 2. The molecule has 104 valence electrons. The van der Waals surface area contributed by atoms with Crippen LogP contribution >= 0.6 is 23.2 Å². The minimum absolute atomic E-state index is 0.0458. The van der Waals surface area contributed by atoms with E-state index in [1.165, 1.54) is 6.07 Å². The number of halogens is 2. The van der Waals surface area contributed by atoms with Gasteiger partial charge in [0.2, 0.25) is 0 Å². The molecule has 5 nitrogen and oxygen atoms in total. The Balaban J connectivity index is 2.78. The van der Waals surface area contributed by atoms with Crippen LogP contribution in [0.4, 0.5) is 4.79 Å². The van der Waals surface area contributed by atoms with Crippen molar-refractivity contribution in [3.8, 4) is 0 Å². The van der Waals surface area contributed by atoms with E-state index in [4.69, 9.17) is 28.3 Å². The van der Waals surface area contributed by atoms with Gasteiger partial charge in [0.05, 0.1) is 6.61 Å². The Morgan fingerprint density at radius 1 is 1.42 bits per heavy atom. The molecule has 0 saturated heterocycles. The van der Waals surface area contributed by atoms with E-state index >= 15 is 0 Å². The van der Waals surface area contributed by atoms with Gasteiger partial charge < -0.3 is 15.2 Å². The van der Waals surface area contributed by atoms with Gasteiger partial charge in [-0.15, -0.1) is 0 Å². The van der Waals surface area contributed by atoms with Crippen LogP contribution in [-0.4, -0.2) is 29.8 Å². The van der Waals surface area contributed by atoms with Gasteiger partial charge in [-0.05, 0) is 24.6 Å². The lowest BCUT2D eigenvalue weighted by Crippen LogP contribution is -2.42. The summed E-state index contributed by atoms with van der Waals surface area (Å²) in [5, 5.41) is 12.1. The van der Waals surface area contributed by atoms with Crippen molar-refractivity contribution in [3.63, 3.8) is 0 Å². The molecule has 1 aromatic carbocycles. The molecule has 0 aliphatic carbocycles. The number of carbonyl (C=O) groups is 2. The number of amides is 1. The molecule has 0 unspecified atom stereocenters. The van der Waals surface area contributed by atoms with Crippen LogP contribution in [0.25, 0.3) is 0 Å². The molecule has 1 amide bonds. The number of ether oxygens (including phenoxy) is 1. The van der Waals surface area contributed by atoms with E-state index in [0.717, 1.165) is 0 Å². The van der Waals surface area contributed by atoms with Gasteiger partial charge in [0.15, 0.2) is 0 Å². The second-order valence-corrected chi connectivity index (χ2v) is 4.54. The molecule has 1 aromatic rings. The molecule has 0 aliphatic heterocycles. The Kier molecular flexibility index (Phi) is 5.92. The minimum atomic E-state index is -1.17. The van der Waals surface area contributed by atoms with Gasteiger partial charge in [-0.2, -0.15) is 0 Å². The lowest BCUT2D eigenvalue weighted by Gasteiger charge is -2.15. The van der Waals surface area contributed by atoms with E-state index in [9.17, 15) is 9.59 Å². The molecular formula is C12H13Cl2NO4. The molecule has 0 aromatic heterocycles. The Morgan fingerprint density at radius 3 is 2.63 bits per heavy atom. The van der Waals surface area contributed by atoms with Gasteiger partial charge >= 0.3 is 12.1 Å². The zero-order valence-corrected chi connectivity index (χ0v) is 11.7. The van der Waals surface area contributed by atoms with Crippen molar-refractivity contribution < 1.29 is 19.4 Å². The van der Waals surface area contributed by atoms with Crippen LogP contribution < -0.4 is 5.32 Å². The molecule has 0 bridgehead atoms. The number of carboxylic acids is 1. The van der Waals surface area contributed by atoms with Crippen LogP contribution in [0.3, 0.4) is 0 Å². The number of carboxylic acid groups (broad SMARTS) is 1. The molecule has 0 aliphatic rings. The quantitative estimate of drug-likeness (QED) is 0.877. The second kappa shape index (κ2) is 7.21. The first-order chi connectivity index (χ1) is 8.93. The number of aliphatic carboxylic acids is 1. The highest BCUT2D eigenvalue weighted by Gasteiger charge is 2.22. The molecule has 19 heavy (non-hydrogen) atoms. The summed E-state index contributed by atoms with van der Waals surface area (Å²) in [4.78, 5) is 22.3. The van der Waals surface area contributed by atoms with Crippen LogP contribution in [0.2, 0.25) is 10.0 Å². The molecule has 0 radical (unpaired) electrons. The molecule has 0 saturated carbocycles. The van der Waals surface area contributed by atoms with Crippen molar-refractivity contribution in [1.29, 1.82) is 0 Å². The normalized spacial score (nSPS) is 11.7. The number of nitrogens with one attached hydrogen (secondary N) is 1.